The van der Waals surface area contributed by atoms with Gasteiger partial charge in [-0.05, 0) is 25.5 Å². The summed E-state index contributed by atoms with van der Waals surface area (Å²) in [6.45, 7) is 4.99. The molecule has 3 N–H and O–H groups in total. The standard InChI is InChI=1S/C15H23F3N4OS2/c1-3-19-13(21-9-14(23)6-5-11(14)24-4-2)20-7-12-22-10(8-25-12)15(16,17)18/h8,11,23H,3-7,9H2,1-2H3,(H2,19,20,21). The summed E-state index contributed by atoms with van der Waals surface area (Å²) < 4.78 is 37.7. The summed E-state index contributed by atoms with van der Waals surface area (Å²) in [4.78, 5) is 7.83. The van der Waals surface area contributed by atoms with E-state index in [0.717, 1.165) is 35.3 Å². The third kappa shape index (κ3) is 5.49. The van der Waals surface area contributed by atoms with Gasteiger partial charge in [0.05, 0.1) is 12.1 Å². The fourth-order valence-corrected chi connectivity index (χ4v) is 4.40. The number of nitrogens with zero attached hydrogens (tertiary/aromatic N) is 2. The minimum Gasteiger partial charge on any atom is -0.387 e. The largest absolute Gasteiger partial charge is 0.434 e. The van der Waals surface area contributed by atoms with Gasteiger partial charge in [-0.25, -0.2) is 9.98 Å². The van der Waals surface area contributed by atoms with Gasteiger partial charge < -0.3 is 15.7 Å². The van der Waals surface area contributed by atoms with Crippen molar-refractivity contribution in [3.05, 3.63) is 16.1 Å². The number of aromatic nitrogens is 1. The van der Waals surface area contributed by atoms with Crippen LogP contribution in [0.3, 0.4) is 0 Å². The molecule has 0 saturated heterocycles. The second-order valence-corrected chi connectivity index (χ2v) is 8.18. The minimum atomic E-state index is -4.43. The molecule has 0 aliphatic heterocycles. The molecule has 2 unspecified atom stereocenters. The average molecular weight is 397 g/mol. The molecule has 1 saturated carbocycles. The van der Waals surface area contributed by atoms with E-state index in [4.69, 9.17) is 0 Å². The molecule has 0 bridgehead atoms. The number of hydrogen-bond acceptors (Lipinski definition) is 5. The molecule has 0 spiro atoms. The topological polar surface area (TPSA) is 69.5 Å². The first kappa shape index (κ1) is 20.3. The highest BCUT2D eigenvalue weighted by molar-refractivity contribution is 8.00. The lowest BCUT2D eigenvalue weighted by Crippen LogP contribution is -2.58. The highest BCUT2D eigenvalue weighted by atomic mass is 32.2. The molecule has 0 aromatic carbocycles. The van der Waals surface area contributed by atoms with Crippen molar-refractivity contribution in [2.75, 3.05) is 18.8 Å². The number of thiazole rings is 1. The summed E-state index contributed by atoms with van der Waals surface area (Å²) in [7, 11) is 0. The third-order valence-corrected chi connectivity index (χ3v) is 6.17. The second-order valence-electron chi connectivity index (χ2n) is 5.76. The van der Waals surface area contributed by atoms with Gasteiger partial charge in [-0.3, -0.25) is 0 Å². The van der Waals surface area contributed by atoms with Crippen LogP contribution >= 0.6 is 23.1 Å². The predicted octanol–water partition coefficient (Wildman–Crippen LogP) is 2.86. The highest BCUT2D eigenvalue weighted by Gasteiger charge is 2.45. The van der Waals surface area contributed by atoms with Crippen molar-refractivity contribution >= 4 is 29.1 Å². The maximum absolute atomic E-state index is 12.6. The number of thioether (sulfide) groups is 1. The second kappa shape index (κ2) is 8.59. The van der Waals surface area contributed by atoms with Crippen LogP contribution in [0.25, 0.3) is 0 Å². The first-order chi connectivity index (χ1) is 11.8. The van der Waals surface area contributed by atoms with Crippen LogP contribution in [0.4, 0.5) is 13.2 Å². The Hall–Kier alpha value is -1.00. The number of nitrogens with one attached hydrogen (secondary N) is 2. The molecule has 1 aromatic heterocycles. The van der Waals surface area contributed by atoms with Crippen LogP contribution in [0, 0.1) is 0 Å². The van der Waals surface area contributed by atoms with Crippen molar-refractivity contribution in [3.8, 4) is 0 Å². The van der Waals surface area contributed by atoms with Gasteiger partial charge in [0.1, 0.15) is 5.01 Å². The summed E-state index contributed by atoms with van der Waals surface area (Å²) in [5.41, 5.74) is -1.65. The third-order valence-electron chi connectivity index (χ3n) is 3.93. The molecule has 142 valence electrons. The molecule has 1 fully saturated rings. The van der Waals surface area contributed by atoms with E-state index in [9.17, 15) is 18.3 Å². The number of halogens is 3. The van der Waals surface area contributed by atoms with Gasteiger partial charge in [-0.15, -0.1) is 11.3 Å². The van der Waals surface area contributed by atoms with E-state index >= 15 is 0 Å². The van der Waals surface area contributed by atoms with E-state index in [1.807, 2.05) is 6.92 Å². The minimum absolute atomic E-state index is 0.0572. The van der Waals surface area contributed by atoms with Crippen molar-refractivity contribution in [1.29, 1.82) is 0 Å². The molecular weight excluding hydrogens is 373 g/mol. The molecule has 5 nitrogen and oxygen atoms in total. The lowest BCUT2D eigenvalue weighted by Gasteiger charge is -2.45. The molecule has 0 radical (unpaired) electrons. The summed E-state index contributed by atoms with van der Waals surface area (Å²) in [5.74, 6) is 1.42. The fourth-order valence-electron chi connectivity index (χ4n) is 2.48. The Balaban J connectivity index is 1.93. The van der Waals surface area contributed by atoms with E-state index in [2.05, 4.69) is 27.5 Å². The highest BCUT2D eigenvalue weighted by Crippen LogP contribution is 2.40. The van der Waals surface area contributed by atoms with Crippen molar-refractivity contribution in [2.45, 2.75) is 50.3 Å². The zero-order chi connectivity index (χ0) is 18.5. The van der Waals surface area contributed by atoms with Gasteiger partial charge in [-0.1, -0.05) is 6.92 Å². The van der Waals surface area contributed by atoms with Crippen LogP contribution in [-0.2, 0) is 12.7 Å². The fraction of sp³-hybridized carbons (Fsp3) is 0.733. The van der Waals surface area contributed by atoms with Gasteiger partial charge in [0.25, 0.3) is 0 Å². The molecule has 1 aliphatic rings. The maximum atomic E-state index is 12.6. The van der Waals surface area contributed by atoms with Crippen molar-refractivity contribution < 1.29 is 18.3 Å². The van der Waals surface area contributed by atoms with Gasteiger partial charge in [0.2, 0.25) is 0 Å². The van der Waals surface area contributed by atoms with Gasteiger partial charge in [0.15, 0.2) is 11.7 Å². The molecule has 1 aliphatic carbocycles. The number of aliphatic hydroxyl groups is 1. The molecule has 0 amide bonds. The van der Waals surface area contributed by atoms with E-state index in [1.54, 1.807) is 11.8 Å². The van der Waals surface area contributed by atoms with Gasteiger partial charge in [0, 0.05) is 23.7 Å². The van der Waals surface area contributed by atoms with Crippen molar-refractivity contribution in [1.82, 2.24) is 15.6 Å². The van der Waals surface area contributed by atoms with E-state index in [-0.39, 0.29) is 11.8 Å². The SMILES string of the molecule is CCNC(=NCc1nc(C(F)(F)F)cs1)NCC1(O)CCC1SCC. The Kier molecular flexibility index (Phi) is 6.98. The lowest BCUT2D eigenvalue weighted by molar-refractivity contribution is -0.140. The average Bonchev–Trinajstić information content (AvgIpc) is 3.03. The zero-order valence-electron chi connectivity index (χ0n) is 14.2. The van der Waals surface area contributed by atoms with Crippen molar-refractivity contribution in [2.24, 2.45) is 4.99 Å². The van der Waals surface area contributed by atoms with Crippen LogP contribution in [0.1, 0.15) is 37.4 Å². The normalized spacial score (nSPS) is 24.1. The molecule has 1 heterocycles. The molecule has 2 atom stereocenters. The predicted molar refractivity (Wildman–Crippen MR) is 96.0 cm³/mol. The van der Waals surface area contributed by atoms with Crippen LogP contribution in [0.5, 0.6) is 0 Å². The Bertz CT molecular complexity index is 594. The van der Waals surface area contributed by atoms with Crippen LogP contribution < -0.4 is 10.6 Å². The molecule has 1 aromatic rings. The van der Waals surface area contributed by atoms with Crippen LogP contribution in [0.2, 0.25) is 0 Å². The van der Waals surface area contributed by atoms with E-state index < -0.39 is 17.5 Å². The Labute approximate surface area is 153 Å². The summed E-state index contributed by atoms with van der Waals surface area (Å²) in [5, 5.41) is 18.2. The number of hydrogen-bond donors (Lipinski definition) is 3. The first-order valence-corrected chi connectivity index (χ1v) is 10.1. The molecular formula is C15H23F3N4OS2. The van der Waals surface area contributed by atoms with Gasteiger partial charge >= 0.3 is 6.18 Å². The maximum Gasteiger partial charge on any atom is 0.434 e. The Morgan fingerprint density at radius 3 is 2.76 bits per heavy atom. The molecule has 2 rings (SSSR count). The molecule has 25 heavy (non-hydrogen) atoms. The summed E-state index contributed by atoms with van der Waals surface area (Å²) in [6.07, 6.45) is -2.71. The molecule has 10 heteroatoms. The Morgan fingerprint density at radius 1 is 1.48 bits per heavy atom. The van der Waals surface area contributed by atoms with Gasteiger partial charge in [-0.2, -0.15) is 24.9 Å². The first-order valence-electron chi connectivity index (χ1n) is 8.16. The summed E-state index contributed by atoms with van der Waals surface area (Å²) in [6, 6.07) is 0. The number of guanidine groups is 1. The number of rotatable bonds is 7. The Morgan fingerprint density at radius 2 is 2.24 bits per heavy atom. The van der Waals surface area contributed by atoms with Crippen molar-refractivity contribution in [3.63, 3.8) is 0 Å². The number of alkyl halides is 3. The monoisotopic (exact) mass is 396 g/mol. The van der Waals surface area contributed by atoms with E-state index in [0.29, 0.717) is 24.1 Å². The zero-order valence-corrected chi connectivity index (χ0v) is 15.8. The smallest absolute Gasteiger partial charge is 0.387 e. The van der Waals surface area contributed by atoms with Crippen LogP contribution in [-0.4, -0.2) is 45.7 Å². The summed E-state index contributed by atoms with van der Waals surface area (Å²) >= 11 is 2.68. The lowest BCUT2D eigenvalue weighted by atomic mass is 9.79. The quantitative estimate of drug-likeness (QED) is 0.488. The number of aliphatic imine (C=N–C) groups is 1. The van der Waals surface area contributed by atoms with E-state index in [1.165, 1.54) is 0 Å². The van der Waals surface area contributed by atoms with Crippen LogP contribution in [0.15, 0.2) is 10.4 Å².